The summed E-state index contributed by atoms with van der Waals surface area (Å²) in [5.74, 6) is 0.0659. The first-order chi connectivity index (χ1) is 14.9. The maximum atomic E-state index is 12.8. The van der Waals surface area contributed by atoms with E-state index in [-0.39, 0.29) is 30.2 Å². The van der Waals surface area contributed by atoms with E-state index in [1.54, 1.807) is 11.6 Å². The average Bonchev–Trinajstić information content (AvgIpc) is 3.03. The van der Waals surface area contributed by atoms with Gasteiger partial charge in [0, 0.05) is 65.1 Å². The fourth-order valence-corrected chi connectivity index (χ4v) is 4.27. The number of ether oxygens (including phenoxy) is 1. The second-order valence-corrected chi connectivity index (χ2v) is 8.14. The number of hydrogen-bond donors (Lipinski definition) is 3. The van der Waals surface area contributed by atoms with E-state index in [1.807, 2.05) is 19.4 Å². The summed E-state index contributed by atoms with van der Waals surface area (Å²) in [6.45, 7) is 5.03. The van der Waals surface area contributed by atoms with Crippen LogP contribution in [0.3, 0.4) is 0 Å². The first-order valence-corrected chi connectivity index (χ1v) is 10.8. The summed E-state index contributed by atoms with van der Waals surface area (Å²) in [5, 5.41) is 17.2. The van der Waals surface area contributed by atoms with Crippen LogP contribution in [0.25, 0.3) is 0 Å². The van der Waals surface area contributed by atoms with Gasteiger partial charge in [0.15, 0.2) is 0 Å². The van der Waals surface area contributed by atoms with Crippen LogP contribution in [0.4, 0.5) is 0 Å². The van der Waals surface area contributed by atoms with Gasteiger partial charge in [-0.2, -0.15) is 5.10 Å². The van der Waals surface area contributed by atoms with Crippen molar-refractivity contribution in [2.24, 2.45) is 13.0 Å². The normalized spacial score (nSPS) is 22.5. The van der Waals surface area contributed by atoms with Gasteiger partial charge in [-0.3, -0.25) is 24.0 Å². The first-order valence-electron chi connectivity index (χ1n) is 10.8. The van der Waals surface area contributed by atoms with Gasteiger partial charge in [0.05, 0.1) is 12.1 Å². The van der Waals surface area contributed by atoms with Crippen LogP contribution in [0.5, 0.6) is 0 Å². The zero-order valence-corrected chi connectivity index (χ0v) is 18.5. The molecule has 2 saturated heterocycles. The number of aryl methyl sites for hydroxylation is 1. The van der Waals surface area contributed by atoms with Crippen LogP contribution in [0, 0.1) is 5.92 Å². The van der Waals surface area contributed by atoms with E-state index in [2.05, 4.69) is 20.6 Å². The molecule has 0 aliphatic carbocycles. The molecule has 2 aliphatic heterocycles. The fourth-order valence-electron chi connectivity index (χ4n) is 4.27. The predicted molar refractivity (Wildman–Crippen MR) is 114 cm³/mol. The number of carboxylic acid groups (broad SMARTS) is 1. The molecule has 0 bridgehead atoms. The molecule has 2 aliphatic rings. The molecule has 0 saturated carbocycles. The van der Waals surface area contributed by atoms with Gasteiger partial charge in [0.1, 0.15) is 0 Å². The minimum Gasteiger partial charge on any atom is -0.483 e. The number of amides is 2. The van der Waals surface area contributed by atoms with Crippen LogP contribution < -0.4 is 10.6 Å². The molecule has 31 heavy (non-hydrogen) atoms. The van der Waals surface area contributed by atoms with Crippen LogP contribution in [-0.2, 0) is 32.6 Å². The minimum atomic E-state index is -0.250. The lowest BCUT2D eigenvalue weighted by atomic mass is 10.00. The van der Waals surface area contributed by atoms with E-state index in [4.69, 9.17) is 14.6 Å². The molecule has 2 amide bonds. The van der Waals surface area contributed by atoms with Crippen molar-refractivity contribution in [3.05, 3.63) is 18.0 Å². The topological polar surface area (TPSA) is 126 Å². The Morgan fingerprint density at radius 2 is 1.97 bits per heavy atom. The first kappa shape index (κ1) is 24.8. The highest BCUT2D eigenvalue weighted by atomic mass is 16.5. The van der Waals surface area contributed by atoms with Gasteiger partial charge in [-0.15, -0.1) is 0 Å². The molecular formula is C21H35N5O5. The number of carbonyl (C=O) groups is 3. The van der Waals surface area contributed by atoms with E-state index in [9.17, 15) is 9.59 Å². The fraction of sp³-hybridized carbons (Fsp3) is 0.714. The van der Waals surface area contributed by atoms with E-state index in [0.717, 1.165) is 64.0 Å². The Labute approximate surface area is 183 Å². The molecule has 3 heterocycles. The van der Waals surface area contributed by atoms with Gasteiger partial charge >= 0.3 is 0 Å². The summed E-state index contributed by atoms with van der Waals surface area (Å²) < 4.78 is 7.28. The summed E-state index contributed by atoms with van der Waals surface area (Å²) >= 11 is 0. The number of likely N-dealkylation sites (tertiary alicyclic amines) is 1. The van der Waals surface area contributed by atoms with E-state index in [1.165, 1.54) is 0 Å². The third-order valence-electron chi connectivity index (χ3n) is 5.73. The van der Waals surface area contributed by atoms with Crippen molar-refractivity contribution < 1.29 is 24.2 Å². The van der Waals surface area contributed by atoms with Crippen LogP contribution in [0.15, 0.2) is 12.4 Å². The smallest absolute Gasteiger partial charge is 0.290 e. The van der Waals surface area contributed by atoms with Crippen molar-refractivity contribution in [3.8, 4) is 0 Å². The third-order valence-corrected chi connectivity index (χ3v) is 5.73. The summed E-state index contributed by atoms with van der Waals surface area (Å²) in [6.07, 6.45) is 8.20. The number of carbonyl (C=O) groups excluding carboxylic acids is 2. The lowest BCUT2D eigenvalue weighted by Crippen LogP contribution is -2.48. The highest BCUT2D eigenvalue weighted by Crippen LogP contribution is 2.23. The number of aromatic nitrogens is 2. The molecule has 2 atom stereocenters. The van der Waals surface area contributed by atoms with Crippen molar-refractivity contribution in [2.75, 3.05) is 32.8 Å². The van der Waals surface area contributed by atoms with E-state index < -0.39 is 0 Å². The number of nitrogens with zero attached hydrogens (tertiary/aromatic N) is 3. The van der Waals surface area contributed by atoms with Gasteiger partial charge < -0.3 is 20.5 Å². The predicted octanol–water partition coefficient (Wildman–Crippen LogP) is 0.175. The van der Waals surface area contributed by atoms with Crippen LogP contribution in [0.1, 0.15) is 38.2 Å². The van der Waals surface area contributed by atoms with Gasteiger partial charge in [-0.1, -0.05) is 0 Å². The Bertz CT molecular complexity index is 704. The number of hydrogen-bond acceptors (Lipinski definition) is 6. The third kappa shape index (κ3) is 8.66. The molecule has 174 valence electrons. The standard InChI is InChI=1S/C20H33N5O3.CH2O2/c1-15(26)23-18-4-3-17(13-25(14-18)19-6-9-28-10-7-19)20(27)21-8-5-16-11-22-24(2)12-16;2-1-3/h11-12,17-19H,3-10,13-14H2,1-2H3,(H,21,27)(H,23,26);1H,(H,2,3)/t17-,18+;/m1./s1. The second kappa shape index (κ2) is 13.1. The van der Waals surface area contributed by atoms with Crippen LogP contribution in [0.2, 0.25) is 0 Å². The molecular weight excluding hydrogens is 402 g/mol. The molecule has 3 rings (SSSR count). The largest absolute Gasteiger partial charge is 0.483 e. The highest BCUT2D eigenvalue weighted by Gasteiger charge is 2.32. The molecule has 0 spiro atoms. The summed E-state index contributed by atoms with van der Waals surface area (Å²) in [7, 11) is 1.89. The summed E-state index contributed by atoms with van der Waals surface area (Å²) in [6, 6.07) is 0.530. The monoisotopic (exact) mass is 437 g/mol. The van der Waals surface area contributed by atoms with Crippen LogP contribution in [-0.4, -0.2) is 83.0 Å². The molecule has 3 N–H and O–H groups in total. The molecule has 1 aromatic heterocycles. The Morgan fingerprint density at radius 3 is 2.58 bits per heavy atom. The molecule has 0 aromatic carbocycles. The Hall–Kier alpha value is -2.46. The summed E-state index contributed by atoms with van der Waals surface area (Å²) in [5.41, 5.74) is 1.12. The lowest BCUT2D eigenvalue weighted by molar-refractivity contribution is -0.126. The number of nitrogens with one attached hydrogen (secondary N) is 2. The van der Waals surface area contributed by atoms with Crippen molar-refractivity contribution in [3.63, 3.8) is 0 Å². The molecule has 10 heteroatoms. The zero-order chi connectivity index (χ0) is 22.6. The van der Waals surface area contributed by atoms with Gasteiger partial charge in [0.25, 0.3) is 6.47 Å². The van der Waals surface area contributed by atoms with Gasteiger partial charge in [0.2, 0.25) is 11.8 Å². The Morgan fingerprint density at radius 1 is 1.26 bits per heavy atom. The minimum absolute atomic E-state index is 0.00343. The Balaban J connectivity index is 0.00000107. The molecule has 2 fully saturated rings. The van der Waals surface area contributed by atoms with Crippen molar-refractivity contribution in [1.82, 2.24) is 25.3 Å². The van der Waals surface area contributed by atoms with Gasteiger partial charge in [-0.25, -0.2) is 0 Å². The zero-order valence-electron chi connectivity index (χ0n) is 18.5. The van der Waals surface area contributed by atoms with E-state index >= 15 is 0 Å². The van der Waals surface area contributed by atoms with Crippen molar-refractivity contribution in [1.29, 1.82) is 0 Å². The molecule has 0 radical (unpaired) electrons. The van der Waals surface area contributed by atoms with Crippen LogP contribution >= 0.6 is 0 Å². The van der Waals surface area contributed by atoms with Gasteiger partial charge in [-0.05, 0) is 37.7 Å². The number of rotatable bonds is 6. The second-order valence-electron chi connectivity index (χ2n) is 8.14. The van der Waals surface area contributed by atoms with E-state index in [0.29, 0.717) is 12.6 Å². The maximum Gasteiger partial charge on any atom is 0.290 e. The van der Waals surface area contributed by atoms with Crippen molar-refractivity contribution in [2.45, 2.75) is 51.1 Å². The average molecular weight is 438 g/mol. The lowest BCUT2D eigenvalue weighted by Gasteiger charge is -2.36. The highest BCUT2D eigenvalue weighted by molar-refractivity contribution is 5.79. The SMILES string of the molecule is CC(=O)N[C@H]1CC[C@@H](C(=O)NCCc2cnn(C)c2)CN(C2CCOCC2)C1.O=CO. The molecule has 10 nitrogen and oxygen atoms in total. The molecule has 1 aromatic rings. The quantitative estimate of drug-likeness (QED) is 0.542. The molecule has 0 unspecified atom stereocenters. The van der Waals surface area contributed by atoms with Crippen molar-refractivity contribution >= 4 is 18.3 Å². The maximum absolute atomic E-state index is 12.8. The Kier molecular flexibility index (Phi) is 10.5. The summed E-state index contributed by atoms with van der Waals surface area (Å²) in [4.78, 5) is 35.2.